The summed E-state index contributed by atoms with van der Waals surface area (Å²) in [5.74, 6) is -1.64. The predicted molar refractivity (Wildman–Crippen MR) is 61.6 cm³/mol. The molecule has 0 aromatic rings. The number of rotatable bonds is 5. The first-order valence-electron chi connectivity index (χ1n) is 5.84. The van der Waals surface area contributed by atoms with Crippen LogP contribution < -0.4 is 10.6 Å². The number of morpholine rings is 1. The topological polar surface area (TPSA) is 87.7 Å². The van der Waals surface area contributed by atoms with Crippen LogP contribution in [0.25, 0.3) is 0 Å². The molecule has 1 aliphatic heterocycles. The van der Waals surface area contributed by atoms with Crippen molar-refractivity contribution in [1.29, 1.82) is 0 Å². The maximum Gasteiger partial charge on any atom is 0.308 e. The zero-order valence-electron chi connectivity index (χ0n) is 10.2. The van der Waals surface area contributed by atoms with Gasteiger partial charge in [0.25, 0.3) is 0 Å². The highest BCUT2D eigenvalue weighted by molar-refractivity contribution is 5.78. The van der Waals surface area contributed by atoms with Crippen molar-refractivity contribution in [3.05, 3.63) is 0 Å². The van der Waals surface area contributed by atoms with E-state index < -0.39 is 11.9 Å². The highest BCUT2D eigenvalue weighted by Gasteiger charge is 2.23. The minimum Gasteiger partial charge on any atom is -0.481 e. The second kappa shape index (κ2) is 6.56. The predicted octanol–water partition coefficient (Wildman–Crippen LogP) is -0.410. The molecule has 3 atom stereocenters. The lowest BCUT2D eigenvalue weighted by Crippen LogP contribution is -2.46. The van der Waals surface area contributed by atoms with Gasteiger partial charge in [-0.2, -0.15) is 0 Å². The second-order valence-corrected chi connectivity index (χ2v) is 4.41. The Hall–Kier alpha value is -1.14. The Morgan fingerprint density at radius 3 is 2.76 bits per heavy atom. The van der Waals surface area contributed by atoms with Gasteiger partial charge in [-0.25, -0.2) is 0 Å². The van der Waals surface area contributed by atoms with Gasteiger partial charge in [-0.15, -0.1) is 0 Å². The van der Waals surface area contributed by atoms with E-state index in [1.807, 2.05) is 0 Å². The lowest BCUT2D eigenvalue weighted by Gasteiger charge is -2.24. The van der Waals surface area contributed by atoms with Crippen LogP contribution in [0.2, 0.25) is 0 Å². The van der Waals surface area contributed by atoms with Crippen molar-refractivity contribution in [2.24, 2.45) is 5.92 Å². The second-order valence-electron chi connectivity index (χ2n) is 4.41. The fourth-order valence-corrected chi connectivity index (χ4v) is 1.63. The van der Waals surface area contributed by atoms with Crippen LogP contribution in [0.15, 0.2) is 0 Å². The number of carbonyl (C=O) groups excluding carboxylic acids is 1. The molecule has 6 heteroatoms. The summed E-state index contributed by atoms with van der Waals surface area (Å²) in [4.78, 5) is 22.4. The number of amides is 1. The summed E-state index contributed by atoms with van der Waals surface area (Å²) in [7, 11) is 0. The molecule has 0 aromatic heterocycles. The van der Waals surface area contributed by atoms with E-state index in [-0.39, 0.29) is 18.0 Å². The summed E-state index contributed by atoms with van der Waals surface area (Å²) in [6.07, 6.45) is 0.316. The number of hydrogen-bond donors (Lipinski definition) is 3. The van der Waals surface area contributed by atoms with Crippen LogP contribution in [-0.2, 0) is 14.3 Å². The molecule has 3 N–H and O–H groups in total. The largest absolute Gasteiger partial charge is 0.481 e. The quantitative estimate of drug-likeness (QED) is 0.612. The van der Waals surface area contributed by atoms with Crippen LogP contribution in [-0.4, -0.2) is 48.8 Å². The van der Waals surface area contributed by atoms with Crippen LogP contribution in [0.5, 0.6) is 0 Å². The van der Waals surface area contributed by atoms with E-state index in [0.29, 0.717) is 19.6 Å². The fraction of sp³-hybridized carbons (Fsp3) is 0.818. The molecule has 0 spiro atoms. The first-order valence-corrected chi connectivity index (χ1v) is 5.84. The maximum absolute atomic E-state index is 11.6. The number of carboxylic acid groups (broad SMARTS) is 1. The molecular formula is C11H20N2O4. The number of nitrogens with one attached hydrogen (secondary N) is 2. The third-order valence-corrected chi connectivity index (χ3v) is 2.96. The monoisotopic (exact) mass is 244 g/mol. The van der Waals surface area contributed by atoms with E-state index in [0.717, 1.165) is 6.54 Å². The molecule has 0 aromatic carbocycles. The molecule has 1 amide bonds. The van der Waals surface area contributed by atoms with Crippen LogP contribution >= 0.6 is 0 Å². The summed E-state index contributed by atoms with van der Waals surface area (Å²) in [6.45, 7) is 5.22. The molecule has 0 radical (unpaired) electrons. The van der Waals surface area contributed by atoms with E-state index in [1.165, 1.54) is 0 Å². The van der Waals surface area contributed by atoms with Gasteiger partial charge in [-0.3, -0.25) is 9.59 Å². The lowest BCUT2D eigenvalue weighted by molar-refractivity contribution is -0.142. The third-order valence-electron chi connectivity index (χ3n) is 2.96. The Morgan fingerprint density at radius 2 is 2.24 bits per heavy atom. The zero-order valence-corrected chi connectivity index (χ0v) is 10.2. The Morgan fingerprint density at radius 1 is 1.53 bits per heavy atom. The molecule has 0 saturated carbocycles. The first kappa shape index (κ1) is 13.9. The number of carboxylic acids is 1. The van der Waals surface area contributed by atoms with Crippen molar-refractivity contribution < 1.29 is 19.4 Å². The van der Waals surface area contributed by atoms with Crippen LogP contribution in [0.1, 0.15) is 20.3 Å². The van der Waals surface area contributed by atoms with Gasteiger partial charge in [-0.05, 0) is 13.8 Å². The number of hydrogen-bond acceptors (Lipinski definition) is 4. The van der Waals surface area contributed by atoms with E-state index >= 15 is 0 Å². The lowest BCUT2D eigenvalue weighted by atomic mass is 10.0. The van der Waals surface area contributed by atoms with Gasteiger partial charge in [0.1, 0.15) is 0 Å². The minimum absolute atomic E-state index is 0.0242. The maximum atomic E-state index is 11.6. The molecule has 1 saturated heterocycles. The Labute approximate surface area is 101 Å². The molecule has 1 heterocycles. The van der Waals surface area contributed by atoms with Crippen molar-refractivity contribution in [1.82, 2.24) is 10.6 Å². The van der Waals surface area contributed by atoms with Crippen molar-refractivity contribution >= 4 is 11.9 Å². The van der Waals surface area contributed by atoms with Gasteiger partial charge in [0, 0.05) is 25.0 Å². The van der Waals surface area contributed by atoms with Gasteiger partial charge in [-0.1, -0.05) is 0 Å². The number of ether oxygens (including phenoxy) is 1. The summed E-state index contributed by atoms with van der Waals surface area (Å²) >= 11 is 0. The van der Waals surface area contributed by atoms with E-state index in [2.05, 4.69) is 10.6 Å². The molecule has 6 nitrogen and oxygen atoms in total. The summed E-state index contributed by atoms with van der Waals surface area (Å²) in [5, 5.41) is 14.7. The third kappa shape index (κ3) is 4.70. The van der Waals surface area contributed by atoms with Crippen LogP contribution in [0.3, 0.4) is 0 Å². The fourth-order valence-electron chi connectivity index (χ4n) is 1.63. The van der Waals surface area contributed by atoms with E-state index in [1.54, 1.807) is 13.8 Å². The summed E-state index contributed by atoms with van der Waals surface area (Å²) in [5.41, 5.74) is 0. The summed E-state index contributed by atoms with van der Waals surface area (Å²) in [6, 6.07) is -0.347. The average Bonchev–Trinajstić information content (AvgIpc) is 2.28. The molecule has 0 bridgehead atoms. The SMILES string of the molecule is CC(NC(=O)CC1COCCN1)C(C)C(=O)O. The Balaban J connectivity index is 2.30. The molecule has 3 unspecified atom stereocenters. The van der Waals surface area contributed by atoms with Gasteiger partial charge < -0.3 is 20.5 Å². The highest BCUT2D eigenvalue weighted by Crippen LogP contribution is 2.04. The molecule has 17 heavy (non-hydrogen) atoms. The van der Waals surface area contributed by atoms with Gasteiger partial charge in [0.15, 0.2) is 0 Å². The Bertz CT molecular complexity index is 277. The number of aliphatic carboxylic acids is 1. The first-order chi connectivity index (χ1) is 8.00. The van der Waals surface area contributed by atoms with Crippen molar-refractivity contribution in [3.8, 4) is 0 Å². The van der Waals surface area contributed by atoms with E-state index in [4.69, 9.17) is 9.84 Å². The van der Waals surface area contributed by atoms with Crippen molar-refractivity contribution in [2.75, 3.05) is 19.8 Å². The van der Waals surface area contributed by atoms with Crippen LogP contribution in [0.4, 0.5) is 0 Å². The van der Waals surface area contributed by atoms with Gasteiger partial charge in [0.2, 0.25) is 5.91 Å². The van der Waals surface area contributed by atoms with Gasteiger partial charge in [0.05, 0.1) is 19.1 Å². The normalized spacial score (nSPS) is 23.8. The summed E-state index contributed by atoms with van der Waals surface area (Å²) < 4.78 is 5.24. The van der Waals surface area contributed by atoms with Crippen molar-refractivity contribution in [3.63, 3.8) is 0 Å². The molecule has 1 aliphatic rings. The standard InChI is InChI=1S/C11H20N2O4/c1-7(11(15)16)8(2)13-10(14)5-9-6-17-4-3-12-9/h7-9,12H,3-6H2,1-2H3,(H,13,14)(H,15,16). The van der Waals surface area contributed by atoms with Crippen LogP contribution in [0, 0.1) is 5.92 Å². The molecular weight excluding hydrogens is 224 g/mol. The molecule has 98 valence electrons. The zero-order chi connectivity index (χ0) is 12.8. The molecule has 0 aliphatic carbocycles. The highest BCUT2D eigenvalue weighted by atomic mass is 16.5. The minimum atomic E-state index is -0.906. The average molecular weight is 244 g/mol. The van der Waals surface area contributed by atoms with Crippen molar-refractivity contribution in [2.45, 2.75) is 32.4 Å². The number of carbonyl (C=O) groups is 2. The van der Waals surface area contributed by atoms with Gasteiger partial charge >= 0.3 is 5.97 Å². The van der Waals surface area contributed by atoms with E-state index in [9.17, 15) is 9.59 Å². The molecule has 1 rings (SSSR count). The smallest absolute Gasteiger partial charge is 0.308 e. The molecule has 1 fully saturated rings. The Kier molecular flexibility index (Phi) is 5.37.